The summed E-state index contributed by atoms with van der Waals surface area (Å²) in [7, 11) is 3.69. The molecular formula is C19H21FN5O+. The fourth-order valence-corrected chi connectivity index (χ4v) is 3.44. The SMILES string of the molecule is CN1CCCC2=C3N=C(C=C[N+]3(F)N=C2)N(C)Cc2ccccc2C1=O. The van der Waals surface area contributed by atoms with Gasteiger partial charge in [-0.25, -0.2) is 0 Å². The number of allylic oxidation sites excluding steroid dienone is 1. The number of likely N-dealkylation sites (N-methyl/N-ethyl adjacent to an activating group) is 1. The number of amidine groups is 1. The molecule has 1 aromatic carbocycles. The molecule has 1 aromatic rings. The average Bonchev–Trinajstić information content (AvgIpc) is 2.97. The summed E-state index contributed by atoms with van der Waals surface area (Å²) in [6.07, 6.45) is 5.94. The molecule has 3 heterocycles. The van der Waals surface area contributed by atoms with Crippen LogP contribution in [-0.4, -0.2) is 53.2 Å². The van der Waals surface area contributed by atoms with Gasteiger partial charge in [-0.05, 0) is 29.6 Å². The zero-order chi connectivity index (χ0) is 18.3. The molecule has 4 rings (SSSR count). The molecule has 1 amide bonds. The number of hydrogen-bond acceptors (Lipinski definition) is 4. The molecule has 1 atom stereocenters. The van der Waals surface area contributed by atoms with Crippen LogP contribution in [0.3, 0.4) is 0 Å². The number of carbonyl (C=O) groups excluding carboxylic acids is 1. The molecule has 6 nitrogen and oxygen atoms in total. The number of rotatable bonds is 0. The molecule has 1 unspecified atom stereocenters. The number of halogens is 1. The quantitative estimate of drug-likeness (QED) is 0.673. The maximum atomic E-state index is 14.9. The first-order valence-electron chi connectivity index (χ1n) is 8.68. The Morgan fingerprint density at radius 3 is 2.85 bits per heavy atom. The van der Waals surface area contributed by atoms with Crippen LogP contribution in [0.4, 0.5) is 4.48 Å². The molecule has 0 saturated carbocycles. The van der Waals surface area contributed by atoms with Crippen molar-refractivity contribution >= 4 is 18.0 Å². The second-order valence-electron chi connectivity index (χ2n) is 6.82. The largest absolute Gasteiger partial charge is 0.355 e. The summed E-state index contributed by atoms with van der Waals surface area (Å²) >= 11 is 0. The van der Waals surface area contributed by atoms with Crippen molar-refractivity contribution < 1.29 is 14.1 Å². The highest BCUT2D eigenvalue weighted by molar-refractivity contribution is 5.97. The van der Waals surface area contributed by atoms with Crippen LogP contribution < -0.4 is 0 Å². The van der Waals surface area contributed by atoms with Crippen molar-refractivity contribution in [1.29, 1.82) is 0 Å². The Bertz CT molecular complexity index is 888. The van der Waals surface area contributed by atoms with Crippen molar-refractivity contribution in [3.8, 4) is 0 Å². The fraction of sp³-hybridized carbons (Fsp3) is 0.316. The lowest BCUT2D eigenvalue weighted by Gasteiger charge is -2.24. The number of amides is 1. The molecule has 134 valence electrons. The molecule has 7 heteroatoms. The van der Waals surface area contributed by atoms with Gasteiger partial charge in [0, 0.05) is 43.3 Å². The number of nitrogens with zero attached hydrogens (tertiary/aromatic N) is 5. The van der Waals surface area contributed by atoms with Crippen LogP contribution >= 0.6 is 0 Å². The van der Waals surface area contributed by atoms with Crippen molar-refractivity contribution in [2.24, 2.45) is 10.1 Å². The molecule has 0 aromatic heterocycles. The molecule has 3 aliphatic heterocycles. The summed E-state index contributed by atoms with van der Waals surface area (Å²) in [6.45, 7) is 1.10. The minimum Gasteiger partial charge on any atom is -0.355 e. The summed E-state index contributed by atoms with van der Waals surface area (Å²) in [6, 6.07) is 7.60. The molecule has 3 aliphatic rings. The van der Waals surface area contributed by atoms with E-state index in [1.165, 1.54) is 6.20 Å². The topological polar surface area (TPSA) is 48.3 Å². The Morgan fingerprint density at radius 1 is 1.19 bits per heavy atom. The Labute approximate surface area is 151 Å². The Kier molecular flexibility index (Phi) is 3.96. The van der Waals surface area contributed by atoms with E-state index < -0.39 is 4.81 Å². The van der Waals surface area contributed by atoms with Crippen molar-refractivity contribution in [3.63, 3.8) is 0 Å². The van der Waals surface area contributed by atoms with Crippen LogP contribution in [0.5, 0.6) is 0 Å². The molecule has 0 N–H and O–H groups in total. The highest BCUT2D eigenvalue weighted by Gasteiger charge is 2.43. The average molecular weight is 354 g/mol. The van der Waals surface area contributed by atoms with Crippen LogP contribution in [-0.2, 0) is 6.54 Å². The summed E-state index contributed by atoms with van der Waals surface area (Å²) in [5.41, 5.74) is 2.39. The normalized spacial score (nSPS) is 25.5. The van der Waals surface area contributed by atoms with Crippen molar-refractivity contribution in [3.05, 3.63) is 59.1 Å². The summed E-state index contributed by atoms with van der Waals surface area (Å²) in [5, 5.41) is 3.95. The summed E-state index contributed by atoms with van der Waals surface area (Å²) < 4.78 is 14.9. The highest BCUT2D eigenvalue weighted by atomic mass is 19.2. The smallest absolute Gasteiger partial charge is 0.306 e. The number of fused-ring (bicyclic) bond motifs is 1. The van der Waals surface area contributed by atoms with Gasteiger partial charge in [0.2, 0.25) is 0 Å². The van der Waals surface area contributed by atoms with Gasteiger partial charge in [0.1, 0.15) is 5.84 Å². The Balaban J connectivity index is 1.77. The van der Waals surface area contributed by atoms with Gasteiger partial charge in [-0.3, -0.25) is 4.79 Å². The third-order valence-electron chi connectivity index (χ3n) is 4.94. The van der Waals surface area contributed by atoms with E-state index in [4.69, 9.17) is 0 Å². The maximum absolute atomic E-state index is 14.9. The zero-order valence-corrected chi connectivity index (χ0v) is 14.9. The lowest BCUT2D eigenvalue weighted by atomic mass is 10.1. The van der Waals surface area contributed by atoms with E-state index in [0.29, 0.717) is 36.7 Å². The predicted molar refractivity (Wildman–Crippen MR) is 97.6 cm³/mol. The Morgan fingerprint density at radius 2 is 2.00 bits per heavy atom. The van der Waals surface area contributed by atoms with E-state index in [-0.39, 0.29) is 5.91 Å². The standard InChI is InChI=1S/C19H21FN5O/c1-23-10-5-7-14-12-21-25(20)11-9-17(22-18(14)25)24(2)13-15-6-3-4-8-16(15)19(23)26/h3-4,6,8-9,11-12H,5,7,10,13H2,1-2H3/q+1. The van der Waals surface area contributed by atoms with Gasteiger partial charge in [0.05, 0.1) is 16.6 Å². The number of hydrogen-bond donors (Lipinski definition) is 0. The van der Waals surface area contributed by atoms with E-state index in [2.05, 4.69) is 10.1 Å². The molecule has 0 fully saturated rings. The van der Waals surface area contributed by atoms with Gasteiger partial charge in [0.25, 0.3) is 5.91 Å². The molecule has 2 bridgehead atoms. The second-order valence-corrected chi connectivity index (χ2v) is 6.82. The van der Waals surface area contributed by atoms with Gasteiger partial charge in [0.15, 0.2) is 6.20 Å². The lowest BCUT2D eigenvalue weighted by Crippen LogP contribution is -2.33. The molecule has 0 aliphatic carbocycles. The first kappa shape index (κ1) is 16.7. The van der Waals surface area contributed by atoms with E-state index in [1.54, 1.807) is 24.2 Å². The molecule has 0 saturated heterocycles. The van der Waals surface area contributed by atoms with Crippen LogP contribution in [0.2, 0.25) is 0 Å². The lowest BCUT2D eigenvalue weighted by molar-refractivity contribution is -0.987. The first-order valence-corrected chi connectivity index (χ1v) is 8.68. The molecule has 0 spiro atoms. The first-order chi connectivity index (χ1) is 12.5. The van der Waals surface area contributed by atoms with E-state index in [0.717, 1.165) is 17.6 Å². The fourth-order valence-electron chi connectivity index (χ4n) is 3.44. The van der Waals surface area contributed by atoms with Gasteiger partial charge in [-0.2, -0.15) is 4.99 Å². The number of benzene rings is 1. The molecule has 26 heavy (non-hydrogen) atoms. The number of quaternary nitrogens is 1. The monoisotopic (exact) mass is 354 g/mol. The third kappa shape index (κ3) is 2.74. The van der Waals surface area contributed by atoms with Crippen LogP contribution in [0.15, 0.2) is 58.0 Å². The minimum absolute atomic E-state index is 0.00191. The Hall–Kier alpha value is -2.80. The van der Waals surface area contributed by atoms with E-state index in [1.807, 2.05) is 36.2 Å². The highest BCUT2D eigenvalue weighted by Crippen LogP contribution is 2.34. The molecular weight excluding hydrogens is 333 g/mol. The molecule has 0 radical (unpaired) electrons. The van der Waals surface area contributed by atoms with Gasteiger partial charge in [-0.15, -0.1) is 0 Å². The van der Waals surface area contributed by atoms with Crippen molar-refractivity contribution in [1.82, 2.24) is 9.80 Å². The van der Waals surface area contributed by atoms with Crippen molar-refractivity contribution in [2.75, 3.05) is 20.6 Å². The van der Waals surface area contributed by atoms with Crippen LogP contribution in [0.25, 0.3) is 0 Å². The van der Waals surface area contributed by atoms with E-state index >= 15 is 0 Å². The van der Waals surface area contributed by atoms with Crippen molar-refractivity contribution in [2.45, 2.75) is 19.4 Å². The maximum Gasteiger partial charge on any atom is 0.306 e. The summed E-state index contributed by atoms with van der Waals surface area (Å²) in [4.78, 5) is 19.9. The number of aliphatic imine (C=N–C) groups is 1. The third-order valence-corrected chi connectivity index (χ3v) is 4.94. The number of carbonyl (C=O) groups is 1. The van der Waals surface area contributed by atoms with Gasteiger partial charge < -0.3 is 9.80 Å². The second kappa shape index (κ2) is 6.17. The van der Waals surface area contributed by atoms with Gasteiger partial charge in [-0.1, -0.05) is 18.2 Å². The van der Waals surface area contributed by atoms with E-state index in [9.17, 15) is 9.28 Å². The van der Waals surface area contributed by atoms with Crippen LogP contribution in [0, 0.1) is 0 Å². The van der Waals surface area contributed by atoms with Gasteiger partial charge >= 0.3 is 5.82 Å². The van der Waals surface area contributed by atoms with Crippen LogP contribution in [0.1, 0.15) is 28.8 Å². The zero-order valence-electron chi connectivity index (χ0n) is 14.9. The predicted octanol–water partition coefficient (Wildman–Crippen LogP) is 2.82. The minimum atomic E-state index is -1.13. The summed E-state index contributed by atoms with van der Waals surface area (Å²) in [5.74, 6) is 0.974.